The normalized spacial score (nSPS) is 28.2. The summed E-state index contributed by atoms with van der Waals surface area (Å²) in [6, 6.07) is 0. The second-order valence-electron chi connectivity index (χ2n) is 5.40. The van der Waals surface area contributed by atoms with Crippen LogP contribution in [0.15, 0.2) is 0 Å². The van der Waals surface area contributed by atoms with Crippen LogP contribution in [0.1, 0.15) is 36.3 Å². The summed E-state index contributed by atoms with van der Waals surface area (Å²) in [5.41, 5.74) is 5.46. The van der Waals surface area contributed by atoms with E-state index in [1.165, 1.54) is 21.0 Å². The molecule has 7 heteroatoms. The first-order chi connectivity index (χ1) is 9.60. The molecule has 0 aliphatic carbocycles. The number of hydrazine groups is 1. The number of anilines is 1. The summed E-state index contributed by atoms with van der Waals surface area (Å²) in [4.78, 5) is 4.70. The highest BCUT2D eigenvalue weighted by molar-refractivity contribution is 7.99. The van der Waals surface area contributed by atoms with Crippen LogP contribution in [0.25, 0.3) is 0 Å². The topological polar surface area (TPSA) is 73.3 Å². The van der Waals surface area contributed by atoms with Gasteiger partial charge in [-0.2, -0.15) is 11.3 Å². The van der Waals surface area contributed by atoms with E-state index in [9.17, 15) is 0 Å². The molecule has 0 saturated carbocycles. The Morgan fingerprint density at radius 3 is 3.10 bits per heavy atom. The zero-order valence-electron chi connectivity index (χ0n) is 12.0. The van der Waals surface area contributed by atoms with E-state index >= 15 is 0 Å². The van der Waals surface area contributed by atoms with Crippen molar-refractivity contribution in [2.45, 2.75) is 44.4 Å². The van der Waals surface area contributed by atoms with Crippen LogP contribution >= 0.6 is 23.1 Å². The minimum atomic E-state index is -0.0715. The molecule has 0 amide bonds. The standard InChI is InChI=1S/C13H20N4OS2/c1-4-13(2)5-7-8(6-18-13)20-11-9(7)10(17-14)15-12(16-11)19-3/h12,16H,4-6,14H2,1-3H3,(H,15,17)/p+1/t12-,13-/m1/s1. The fraction of sp³-hybridized carbons (Fsp3) is 0.615. The van der Waals surface area contributed by atoms with E-state index in [1.54, 1.807) is 23.1 Å². The van der Waals surface area contributed by atoms with Gasteiger partial charge in [-0.05, 0) is 25.2 Å². The smallest absolute Gasteiger partial charge is 0.298 e. The van der Waals surface area contributed by atoms with Gasteiger partial charge in [0.15, 0.2) is 0 Å². The molecular weight excluding hydrogens is 292 g/mol. The van der Waals surface area contributed by atoms with Gasteiger partial charge in [0.25, 0.3) is 5.84 Å². The van der Waals surface area contributed by atoms with Crippen molar-refractivity contribution in [3.05, 3.63) is 16.0 Å². The van der Waals surface area contributed by atoms with Gasteiger partial charge in [0.1, 0.15) is 10.6 Å². The molecule has 110 valence electrons. The molecule has 5 nitrogen and oxygen atoms in total. The summed E-state index contributed by atoms with van der Waals surface area (Å²) in [7, 11) is 0. The molecule has 1 aromatic heterocycles. The second kappa shape index (κ2) is 5.22. The van der Waals surface area contributed by atoms with Crippen molar-refractivity contribution in [1.82, 2.24) is 5.43 Å². The first kappa shape index (κ1) is 14.2. The lowest BCUT2D eigenvalue weighted by Crippen LogP contribution is -2.85. The molecule has 3 rings (SSSR count). The van der Waals surface area contributed by atoms with Gasteiger partial charge < -0.3 is 10.1 Å². The second-order valence-corrected chi connectivity index (χ2v) is 7.45. The maximum absolute atomic E-state index is 6.04. The Morgan fingerprint density at radius 1 is 1.65 bits per heavy atom. The quantitative estimate of drug-likeness (QED) is 0.468. The molecule has 2 aliphatic rings. The van der Waals surface area contributed by atoms with Crippen molar-refractivity contribution in [3.63, 3.8) is 0 Å². The number of amidine groups is 1. The molecule has 2 atom stereocenters. The van der Waals surface area contributed by atoms with E-state index in [4.69, 9.17) is 10.6 Å². The minimum absolute atomic E-state index is 0.0715. The maximum atomic E-state index is 6.04. The molecule has 0 radical (unpaired) electrons. The Kier molecular flexibility index (Phi) is 3.70. The van der Waals surface area contributed by atoms with Crippen LogP contribution in [0.4, 0.5) is 5.00 Å². The lowest BCUT2D eigenvalue weighted by Gasteiger charge is -2.33. The number of nitrogens with one attached hydrogen (secondary N) is 3. The average Bonchev–Trinajstić information content (AvgIpc) is 2.83. The fourth-order valence-electron chi connectivity index (χ4n) is 2.66. The molecule has 20 heavy (non-hydrogen) atoms. The summed E-state index contributed by atoms with van der Waals surface area (Å²) in [5.74, 6) is 6.63. The molecule has 0 fully saturated rings. The third-order valence-corrected chi connectivity index (χ3v) is 5.95. The molecule has 0 bridgehead atoms. The summed E-state index contributed by atoms with van der Waals surface area (Å²) in [6.45, 7) is 5.06. The molecule has 0 saturated heterocycles. The largest absolute Gasteiger partial charge is 0.369 e. The SMILES string of the molecule is CC[C@]1(C)Cc2c(sc3c2C(NN)=[NH+][C@@H](SC)N3)CO1. The Hall–Kier alpha value is -0.760. The summed E-state index contributed by atoms with van der Waals surface area (Å²) in [5, 5.41) is 4.70. The number of thiophene rings is 1. The van der Waals surface area contributed by atoms with Crippen LogP contribution in [0.3, 0.4) is 0 Å². The van der Waals surface area contributed by atoms with E-state index in [1.807, 2.05) is 0 Å². The summed E-state index contributed by atoms with van der Waals surface area (Å²) in [6.07, 6.45) is 4.01. The van der Waals surface area contributed by atoms with Crippen molar-refractivity contribution >= 4 is 33.9 Å². The number of hydrogen-bond acceptors (Lipinski definition) is 6. The number of rotatable bonds is 2. The zero-order valence-corrected chi connectivity index (χ0v) is 13.6. The third kappa shape index (κ3) is 2.22. The summed E-state index contributed by atoms with van der Waals surface area (Å²) >= 11 is 3.50. The van der Waals surface area contributed by atoms with Gasteiger partial charge >= 0.3 is 0 Å². The van der Waals surface area contributed by atoms with Gasteiger partial charge in [-0.1, -0.05) is 18.7 Å². The Balaban J connectivity index is 2.05. The highest BCUT2D eigenvalue weighted by Gasteiger charge is 2.38. The predicted octanol–water partition coefficient (Wildman–Crippen LogP) is 0.352. The van der Waals surface area contributed by atoms with Gasteiger partial charge in [-0.25, -0.2) is 4.99 Å². The van der Waals surface area contributed by atoms with E-state index in [0.29, 0.717) is 6.61 Å². The number of fused-ring (bicyclic) bond motifs is 3. The lowest BCUT2D eigenvalue weighted by molar-refractivity contribution is -0.468. The average molecular weight is 313 g/mol. The number of ether oxygens (including phenoxy) is 1. The molecule has 0 aromatic carbocycles. The monoisotopic (exact) mass is 313 g/mol. The van der Waals surface area contributed by atoms with Gasteiger partial charge in [-0.3, -0.25) is 0 Å². The van der Waals surface area contributed by atoms with Crippen molar-refractivity contribution in [3.8, 4) is 0 Å². The van der Waals surface area contributed by atoms with Crippen molar-refractivity contribution in [2.75, 3.05) is 11.6 Å². The van der Waals surface area contributed by atoms with Gasteiger partial charge in [0.2, 0.25) is 5.50 Å². The lowest BCUT2D eigenvalue weighted by atomic mass is 9.89. The molecule has 5 N–H and O–H groups in total. The predicted molar refractivity (Wildman–Crippen MR) is 84.8 cm³/mol. The van der Waals surface area contributed by atoms with E-state index in [2.05, 4.69) is 35.8 Å². The molecule has 3 heterocycles. The van der Waals surface area contributed by atoms with Crippen LogP contribution < -0.4 is 21.6 Å². The Labute approximate surface area is 127 Å². The maximum Gasteiger partial charge on any atom is 0.298 e. The van der Waals surface area contributed by atoms with Crippen LogP contribution in [0.2, 0.25) is 0 Å². The van der Waals surface area contributed by atoms with Crippen LogP contribution in [0.5, 0.6) is 0 Å². The highest BCUT2D eigenvalue weighted by Crippen LogP contribution is 2.41. The van der Waals surface area contributed by atoms with Crippen LogP contribution in [-0.4, -0.2) is 23.2 Å². The Bertz CT molecular complexity index is 557. The number of nitrogens with two attached hydrogens (primary N) is 1. The van der Waals surface area contributed by atoms with Crippen molar-refractivity contribution in [1.29, 1.82) is 0 Å². The summed E-state index contributed by atoms with van der Waals surface area (Å²) < 4.78 is 6.04. The van der Waals surface area contributed by atoms with E-state index in [-0.39, 0.29) is 11.1 Å². The van der Waals surface area contributed by atoms with Crippen LogP contribution in [-0.2, 0) is 17.8 Å². The molecule has 1 aromatic rings. The first-order valence-electron chi connectivity index (χ1n) is 6.78. The third-order valence-electron chi connectivity index (χ3n) is 4.11. The minimum Gasteiger partial charge on any atom is -0.369 e. The Morgan fingerprint density at radius 2 is 2.45 bits per heavy atom. The molecule has 2 aliphatic heterocycles. The van der Waals surface area contributed by atoms with Gasteiger partial charge in [-0.15, -0.1) is 11.3 Å². The number of hydrogen-bond donors (Lipinski definition) is 4. The van der Waals surface area contributed by atoms with Crippen molar-refractivity contribution in [2.24, 2.45) is 5.84 Å². The fourth-order valence-corrected chi connectivity index (χ4v) is 4.38. The molecular formula is C13H21N4OS2+. The van der Waals surface area contributed by atoms with Crippen molar-refractivity contribution < 1.29 is 9.73 Å². The first-order valence-corrected chi connectivity index (χ1v) is 8.89. The van der Waals surface area contributed by atoms with Gasteiger partial charge in [0.05, 0.1) is 12.2 Å². The number of thioether (sulfide) groups is 1. The highest BCUT2D eigenvalue weighted by atomic mass is 32.2. The van der Waals surface area contributed by atoms with Crippen LogP contribution in [0, 0.1) is 0 Å². The molecule has 0 unspecified atom stereocenters. The van der Waals surface area contributed by atoms with Gasteiger partial charge in [0, 0.05) is 11.3 Å². The zero-order chi connectivity index (χ0) is 14.3. The molecule has 0 spiro atoms. The van der Waals surface area contributed by atoms with E-state index in [0.717, 1.165) is 18.7 Å². The van der Waals surface area contributed by atoms with E-state index < -0.39 is 0 Å².